The lowest BCUT2D eigenvalue weighted by Gasteiger charge is -2.40. The summed E-state index contributed by atoms with van der Waals surface area (Å²) < 4.78 is 13.4. The van der Waals surface area contributed by atoms with E-state index in [1.54, 1.807) is 24.3 Å². The van der Waals surface area contributed by atoms with Crippen LogP contribution in [0.1, 0.15) is 36.0 Å². The standard InChI is InChI=1S/C22H25FN4O2/c23-17-3-1-2-15(10-17)20-9-6-16(11-25-20)21(28)26-19-7-4-14(5-8-19)22(29)27-12-18(24)13-27/h1-3,6,9-11,14,18-19H,4-5,7-8,12-13,24H2,(H,26,28). The van der Waals surface area contributed by atoms with Gasteiger partial charge >= 0.3 is 0 Å². The molecule has 1 aromatic heterocycles. The van der Waals surface area contributed by atoms with Gasteiger partial charge in [0, 0.05) is 42.9 Å². The number of likely N-dealkylation sites (tertiary alicyclic amines) is 1. The second-order valence-corrected chi connectivity index (χ2v) is 7.97. The van der Waals surface area contributed by atoms with Gasteiger partial charge in [0.05, 0.1) is 11.3 Å². The number of benzene rings is 1. The van der Waals surface area contributed by atoms with Gasteiger partial charge in [-0.25, -0.2) is 4.39 Å². The lowest BCUT2D eigenvalue weighted by molar-refractivity contribution is -0.141. The molecular weight excluding hydrogens is 371 g/mol. The maximum atomic E-state index is 13.4. The monoisotopic (exact) mass is 396 g/mol. The van der Waals surface area contributed by atoms with Gasteiger partial charge in [0.15, 0.2) is 0 Å². The highest BCUT2D eigenvalue weighted by Crippen LogP contribution is 2.27. The summed E-state index contributed by atoms with van der Waals surface area (Å²) >= 11 is 0. The number of rotatable bonds is 4. The fourth-order valence-electron chi connectivity index (χ4n) is 4.05. The van der Waals surface area contributed by atoms with Crippen molar-refractivity contribution in [2.24, 2.45) is 11.7 Å². The zero-order valence-electron chi connectivity index (χ0n) is 16.2. The molecule has 2 heterocycles. The van der Waals surface area contributed by atoms with Gasteiger partial charge in [-0.2, -0.15) is 0 Å². The van der Waals surface area contributed by atoms with Crippen molar-refractivity contribution in [2.75, 3.05) is 13.1 Å². The molecule has 0 spiro atoms. The number of aromatic nitrogens is 1. The summed E-state index contributed by atoms with van der Waals surface area (Å²) in [5.74, 6) is -0.250. The van der Waals surface area contributed by atoms with Crippen LogP contribution in [0.5, 0.6) is 0 Å². The van der Waals surface area contributed by atoms with Crippen LogP contribution in [0.3, 0.4) is 0 Å². The summed E-state index contributed by atoms with van der Waals surface area (Å²) in [4.78, 5) is 31.1. The predicted octanol–water partition coefficient (Wildman–Crippen LogP) is 2.35. The Kier molecular flexibility index (Phi) is 5.58. The Morgan fingerprint density at radius 3 is 2.48 bits per heavy atom. The van der Waals surface area contributed by atoms with Gasteiger partial charge in [-0.15, -0.1) is 0 Å². The summed E-state index contributed by atoms with van der Waals surface area (Å²) in [6.45, 7) is 1.32. The van der Waals surface area contributed by atoms with Crippen molar-refractivity contribution in [3.63, 3.8) is 0 Å². The largest absolute Gasteiger partial charge is 0.349 e. The highest BCUT2D eigenvalue weighted by Gasteiger charge is 2.34. The van der Waals surface area contributed by atoms with Gasteiger partial charge < -0.3 is 16.0 Å². The minimum atomic E-state index is -0.322. The third-order valence-corrected chi connectivity index (χ3v) is 5.78. The fourth-order valence-corrected chi connectivity index (χ4v) is 4.05. The molecule has 1 aliphatic heterocycles. The van der Waals surface area contributed by atoms with E-state index in [2.05, 4.69) is 10.3 Å². The molecule has 0 unspecified atom stereocenters. The van der Waals surface area contributed by atoms with Gasteiger partial charge in [-0.1, -0.05) is 12.1 Å². The molecular formula is C22H25FN4O2. The number of halogens is 1. The van der Waals surface area contributed by atoms with Gasteiger partial charge in [0.25, 0.3) is 5.91 Å². The lowest BCUT2D eigenvalue weighted by Crippen LogP contribution is -2.59. The van der Waals surface area contributed by atoms with E-state index in [0.717, 1.165) is 25.7 Å². The first-order valence-electron chi connectivity index (χ1n) is 10.1. The Morgan fingerprint density at radius 1 is 1.10 bits per heavy atom. The van der Waals surface area contributed by atoms with E-state index >= 15 is 0 Å². The van der Waals surface area contributed by atoms with Crippen LogP contribution in [0.2, 0.25) is 0 Å². The highest BCUT2D eigenvalue weighted by molar-refractivity contribution is 5.94. The Bertz CT molecular complexity index is 888. The van der Waals surface area contributed by atoms with Gasteiger partial charge in [0.1, 0.15) is 5.82 Å². The molecule has 0 atom stereocenters. The molecule has 2 fully saturated rings. The summed E-state index contributed by atoms with van der Waals surface area (Å²) in [5.41, 5.74) is 7.51. The molecule has 1 saturated carbocycles. The van der Waals surface area contributed by atoms with Crippen molar-refractivity contribution in [3.8, 4) is 11.3 Å². The molecule has 0 radical (unpaired) electrons. The summed E-state index contributed by atoms with van der Waals surface area (Å²) in [5, 5.41) is 3.04. The van der Waals surface area contributed by atoms with Crippen LogP contribution in [0.4, 0.5) is 4.39 Å². The van der Waals surface area contributed by atoms with Crippen molar-refractivity contribution in [3.05, 3.63) is 54.0 Å². The third-order valence-electron chi connectivity index (χ3n) is 5.78. The second-order valence-electron chi connectivity index (χ2n) is 7.97. The molecule has 3 N–H and O–H groups in total. The summed E-state index contributed by atoms with van der Waals surface area (Å²) in [6.07, 6.45) is 4.66. The first kappa shape index (κ1) is 19.5. The van der Waals surface area contributed by atoms with E-state index in [-0.39, 0.29) is 35.6 Å². The number of carbonyl (C=O) groups is 2. The number of pyridine rings is 1. The SMILES string of the molecule is NC1CN(C(=O)C2CCC(NC(=O)c3ccc(-c4cccc(F)c4)nc3)CC2)C1. The predicted molar refractivity (Wildman–Crippen MR) is 107 cm³/mol. The first-order valence-corrected chi connectivity index (χ1v) is 10.1. The zero-order chi connectivity index (χ0) is 20.4. The Labute approximate surface area is 169 Å². The Morgan fingerprint density at radius 2 is 1.86 bits per heavy atom. The van der Waals surface area contributed by atoms with E-state index in [1.165, 1.54) is 18.3 Å². The number of hydrogen-bond acceptors (Lipinski definition) is 4. The Hall–Kier alpha value is -2.80. The Balaban J connectivity index is 1.29. The molecule has 1 aliphatic carbocycles. The number of nitrogens with one attached hydrogen (secondary N) is 1. The molecule has 2 amide bonds. The average Bonchev–Trinajstić information content (AvgIpc) is 2.71. The van der Waals surface area contributed by atoms with Crippen molar-refractivity contribution in [2.45, 2.75) is 37.8 Å². The van der Waals surface area contributed by atoms with Crippen LogP contribution < -0.4 is 11.1 Å². The maximum absolute atomic E-state index is 13.4. The lowest BCUT2D eigenvalue weighted by atomic mass is 9.84. The number of nitrogens with two attached hydrogens (primary N) is 1. The third kappa shape index (κ3) is 4.45. The molecule has 4 rings (SSSR count). The van der Waals surface area contributed by atoms with Crippen LogP contribution in [-0.4, -0.2) is 46.9 Å². The van der Waals surface area contributed by atoms with Gasteiger partial charge in [0.2, 0.25) is 5.91 Å². The minimum absolute atomic E-state index is 0.0443. The minimum Gasteiger partial charge on any atom is -0.349 e. The van der Waals surface area contributed by atoms with Gasteiger partial charge in [-0.3, -0.25) is 14.6 Å². The summed E-state index contributed by atoms with van der Waals surface area (Å²) in [7, 11) is 0. The van der Waals surface area contributed by atoms with Crippen LogP contribution >= 0.6 is 0 Å². The van der Waals surface area contributed by atoms with Crippen LogP contribution in [0, 0.1) is 11.7 Å². The van der Waals surface area contributed by atoms with E-state index in [0.29, 0.717) is 29.9 Å². The topological polar surface area (TPSA) is 88.3 Å². The van der Waals surface area contributed by atoms with Crippen molar-refractivity contribution < 1.29 is 14.0 Å². The average molecular weight is 396 g/mol. The molecule has 1 aromatic carbocycles. The van der Waals surface area contributed by atoms with E-state index in [4.69, 9.17) is 5.73 Å². The molecule has 29 heavy (non-hydrogen) atoms. The van der Waals surface area contributed by atoms with E-state index in [9.17, 15) is 14.0 Å². The van der Waals surface area contributed by atoms with Crippen LogP contribution in [0.25, 0.3) is 11.3 Å². The summed E-state index contributed by atoms with van der Waals surface area (Å²) in [6, 6.07) is 9.80. The van der Waals surface area contributed by atoms with Crippen LogP contribution in [-0.2, 0) is 4.79 Å². The molecule has 6 nitrogen and oxygen atoms in total. The van der Waals surface area contributed by atoms with Gasteiger partial charge in [-0.05, 0) is 49.9 Å². The van der Waals surface area contributed by atoms with Crippen LogP contribution in [0.15, 0.2) is 42.6 Å². The quantitative estimate of drug-likeness (QED) is 0.830. The molecule has 7 heteroatoms. The molecule has 2 aromatic rings. The number of amides is 2. The molecule has 1 saturated heterocycles. The second kappa shape index (κ2) is 8.29. The molecule has 152 valence electrons. The van der Waals surface area contributed by atoms with E-state index in [1.807, 2.05) is 4.90 Å². The molecule has 0 bridgehead atoms. The maximum Gasteiger partial charge on any atom is 0.253 e. The zero-order valence-corrected chi connectivity index (χ0v) is 16.2. The van der Waals surface area contributed by atoms with Crippen molar-refractivity contribution >= 4 is 11.8 Å². The normalized spacial score (nSPS) is 22.1. The van der Waals surface area contributed by atoms with E-state index < -0.39 is 0 Å². The number of nitrogens with zero attached hydrogens (tertiary/aromatic N) is 2. The fraction of sp³-hybridized carbons (Fsp3) is 0.409. The first-order chi connectivity index (χ1) is 14.0. The highest BCUT2D eigenvalue weighted by atomic mass is 19.1. The number of carbonyl (C=O) groups excluding carboxylic acids is 2. The van der Waals surface area contributed by atoms with Crippen molar-refractivity contribution in [1.82, 2.24) is 15.2 Å². The molecule has 2 aliphatic rings. The van der Waals surface area contributed by atoms with Crippen molar-refractivity contribution in [1.29, 1.82) is 0 Å². The smallest absolute Gasteiger partial charge is 0.253 e. The number of hydrogen-bond donors (Lipinski definition) is 2.